The summed E-state index contributed by atoms with van der Waals surface area (Å²) in [4.78, 5) is 0. The van der Waals surface area contributed by atoms with Gasteiger partial charge in [0.05, 0.1) is 16.3 Å². The van der Waals surface area contributed by atoms with E-state index in [0.29, 0.717) is 6.04 Å². The Morgan fingerprint density at radius 1 is 1.32 bits per heavy atom. The van der Waals surface area contributed by atoms with E-state index in [4.69, 9.17) is 16.3 Å². The van der Waals surface area contributed by atoms with Crippen molar-refractivity contribution >= 4 is 33.2 Å². The maximum atomic E-state index is 6.28. The highest BCUT2D eigenvalue weighted by atomic mass is 79.9. The molecule has 4 heteroatoms. The lowest BCUT2D eigenvalue weighted by Gasteiger charge is -2.39. The van der Waals surface area contributed by atoms with Gasteiger partial charge in [-0.1, -0.05) is 40.4 Å². The second kappa shape index (κ2) is 5.63. The van der Waals surface area contributed by atoms with Gasteiger partial charge in [0.15, 0.2) is 0 Å². The number of halogens is 2. The molecule has 1 spiro atoms. The van der Waals surface area contributed by atoms with E-state index in [1.807, 2.05) is 18.2 Å². The lowest BCUT2D eigenvalue weighted by atomic mass is 9.89. The molecule has 19 heavy (non-hydrogen) atoms. The van der Waals surface area contributed by atoms with Gasteiger partial charge < -0.3 is 10.1 Å². The standard InChI is InChI=1S/C15H19BrClNO/c16-11-3-4-14(13(17)9-11)18-12-5-8-19-15(10-12)6-1-2-7-15/h3-4,9,12,18H,1-2,5-8,10H2. The molecule has 1 saturated carbocycles. The summed E-state index contributed by atoms with van der Waals surface area (Å²) < 4.78 is 7.08. The van der Waals surface area contributed by atoms with Crippen LogP contribution in [0, 0.1) is 0 Å². The molecule has 1 saturated heterocycles. The second-order valence-electron chi connectivity index (χ2n) is 5.70. The van der Waals surface area contributed by atoms with Crippen LogP contribution in [0.15, 0.2) is 22.7 Å². The largest absolute Gasteiger partial charge is 0.381 e. The minimum atomic E-state index is 0.151. The van der Waals surface area contributed by atoms with E-state index >= 15 is 0 Å². The van der Waals surface area contributed by atoms with Crippen molar-refractivity contribution in [1.29, 1.82) is 0 Å². The monoisotopic (exact) mass is 343 g/mol. The Morgan fingerprint density at radius 3 is 2.84 bits per heavy atom. The van der Waals surface area contributed by atoms with Crippen molar-refractivity contribution < 1.29 is 4.74 Å². The van der Waals surface area contributed by atoms with E-state index in [0.717, 1.165) is 34.6 Å². The van der Waals surface area contributed by atoms with Crippen LogP contribution in [0.1, 0.15) is 38.5 Å². The quantitative estimate of drug-likeness (QED) is 0.814. The molecule has 104 valence electrons. The average Bonchev–Trinajstić information content (AvgIpc) is 2.81. The molecule has 1 atom stereocenters. The zero-order valence-electron chi connectivity index (χ0n) is 10.9. The third-order valence-corrected chi connectivity index (χ3v) is 5.10. The number of hydrogen-bond acceptors (Lipinski definition) is 2. The molecule has 1 aliphatic carbocycles. The van der Waals surface area contributed by atoms with Gasteiger partial charge in [-0.2, -0.15) is 0 Å². The highest BCUT2D eigenvalue weighted by Gasteiger charge is 2.39. The SMILES string of the molecule is Clc1cc(Br)ccc1NC1CCOC2(CCCC2)C1. The number of nitrogens with one attached hydrogen (secondary N) is 1. The Morgan fingerprint density at radius 2 is 2.11 bits per heavy atom. The summed E-state index contributed by atoms with van der Waals surface area (Å²) in [5.41, 5.74) is 1.18. The highest BCUT2D eigenvalue weighted by molar-refractivity contribution is 9.10. The molecular formula is C15H19BrClNO. The maximum Gasteiger partial charge on any atom is 0.0702 e. The first-order valence-corrected chi connectivity index (χ1v) is 8.20. The first kappa shape index (κ1) is 13.7. The van der Waals surface area contributed by atoms with Gasteiger partial charge >= 0.3 is 0 Å². The summed E-state index contributed by atoms with van der Waals surface area (Å²) in [6, 6.07) is 6.49. The third kappa shape index (κ3) is 3.09. The molecule has 1 unspecified atom stereocenters. The summed E-state index contributed by atoms with van der Waals surface area (Å²) in [5, 5.41) is 4.37. The van der Waals surface area contributed by atoms with Crippen LogP contribution in [-0.2, 0) is 4.74 Å². The molecule has 1 aromatic carbocycles. The predicted octanol–water partition coefficient (Wildman–Crippen LogP) is 5.01. The molecule has 0 aromatic heterocycles. The van der Waals surface area contributed by atoms with E-state index in [9.17, 15) is 0 Å². The van der Waals surface area contributed by atoms with Gasteiger partial charge in [-0.25, -0.2) is 0 Å². The fraction of sp³-hybridized carbons (Fsp3) is 0.600. The average molecular weight is 345 g/mol. The van der Waals surface area contributed by atoms with Crippen molar-refractivity contribution in [3.8, 4) is 0 Å². The van der Waals surface area contributed by atoms with Crippen LogP contribution >= 0.6 is 27.5 Å². The van der Waals surface area contributed by atoms with Crippen molar-refractivity contribution in [1.82, 2.24) is 0 Å². The predicted molar refractivity (Wildman–Crippen MR) is 82.9 cm³/mol. The van der Waals surface area contributed by atoms with Gasteiger partial charge in [0, 0.05) is 17.1 Å². The molecule has 1 N–H and O–H groups in total. The summed E-state index contributed by atoms with van der Waals surface area (Å²) >= 11 is 9.71. The molecule has 2 aliphatic rings. The summed E-state index contributed by atoms with van der Waals surface area (Å²) in [6.07, 6.45) is 7.24. The Kier molecular flexibility index (Phi) is 4.06. The number of rotatable bonds is 2. The molecule has 1 aromatic rings. The lowest BCUT2D eigenvalue weighted by molar-refractivity contribution is -0.0767. The van der Waals surface area contributed by atoms with Crippen molar-refractivity contribution in [3.63, 3.8) is 0 Å². The Hall–Kier alpha value is -0.250. The molecule has 2 nitrogen and oxygen atoms in total. The molecule has 2 fully saturated rings. The topological polar surface area (TPSA) is 21.3 Å². The third-order valence-electron chi connectivity index (χ3n) is 4.30. The zero-order chi connectivity index (χ0) is 13.3. The van der Waals surface area contributed by atoms with Gasteiger partial charge in [0.2, 0.25) is 0 Å². The number of hydrogen-bond donors (Lipinski definition) is 1. The summed E-state index contributed by atoms with van der Waals surface area (Å²) in [6.45, 7) is 0.867. The van der Waals surface area contributed by atoms with Crippen LogP contribution in [-0.4, -0.2) is 18.2 Å². The van der Waals surface area contributed by atoms with Crippen molar-refractivity contribution in [2.75, 3.05) is 11.9 Å². The number of ether oxygens (including phenoxy) is 1. The Bertz CT molecular complexity index is 459. The van der Waals surface area contributed by atoms with E-state index in [1.54, 1.807) is 0 Å². The van der Waals surface area contributed by atoms with Crippen LogP contribution in [0.3, 0.4) is 0 Å². The molecule has 0 amide bonds. The van der Waals surface area contributed by atoms with Crippen molar-refractivity contribution in [2.45, 2.75) is 50.2 Å². The molecular weight excluding hydrogens is 326 g/mol. The van der Waals surface area contributed by atoms with Crippen LogP contribution < -0.4 is 5.32 Å². The smallest absolute Gasteiger partial charge is 0.0702 e. The maximum absolute atomic E-state index is 6.28. The Balaban J connectivity index is 1.69. The van der Waals surface area contributed by atoms with Crippen LogP contribution in [0.4, 0.5) is 5.69 Å². The molecule has 1 heterocycles. The van der Waals surface area contributed by atoms with E-state index in [2.05, 4.69) is 21.2 Å². The second-order valence-corrected chi connectivity index (χ2v) is 7.02. The van der Waals surface area contributed by atoms with E-state index in [1.165, 1.54) is 25.7 Å². The van der Waals surface area contributed by atoms with Crippen molar-refractivity contribution in [2.24, 2.45) is 0 Å². The summed E-state index contributed by atoms with van der Waals surface area (Å²) in [5.74, 6) is 0. The van der Waals surface area contributed by atoms with Gasteiger partial charge in [-0.15, -0.1) is 0 Å². The first-order chi connectivity index (χ1) is 9.17. The zero-order valence-corrected chi connectivity index (χ0v) is 13.3. The fourth-order valence-corrected chi connectivity index (χ4v) is 4.07. The number of benzene rings is 1. The highest BCUT2D eigenvalue weighted by Crippen LogP contribution is 2.41. The van der Waals surface area contributed by atoms with E-state index < -0.39 is 0 Å². The normalized spacial score (nSPS) is 25.7. The fourth-order valence-electron chi connectivity index (χ4n) is 3.35. The lowest BCUT2D eigenvalue weighted by Crippen LogP contribution is -2.42. The van der Waals surface area contributed by atoms with Crippen LogP contribution in [0.2, 0.25) is 5.02 Å². The van der Waals surface area contributed by atoms with Gasteiger partial charge in [-0.3, -0.25) is 0 Å². The summed E-state index contributed by atoms with van der Waals surface area (Å²) in [7, 11) is 0. The minimum Gasteiger partial charge on any atom is -0.381 e. The van der Waals surface area contributed by atoms with Gasteiger partial charge in [-0.05, 0) is 43.9 Å². The van der Waals surface area contributed by atoms with Gasteiger partial charge in [0.25, 0.3) is 0 Å². The van der Waals surface area contributed by atoms with Crippen molar-refractivity contribution in [3.05, 3.63) is 27.7 Å². The molecule has 0 bridgehead atoms. The Labute approximate surface area is 128 Å². The molecule has 3 rings (SSSR count). The van der Waals surface area contributed by atoms with E-state index in [-0.39, 0.29) is 5.60 Å². The first-order valence-electron chi connectivity index (χ1n) is 7.02. The molecule has 1 aliphatic heterocycles. The number of anilines is 1. The van der Waals surface area contributed by atoms with Gasteiger partial charge in [0.1, 0.15) is 0 Å². The van der Waals surface area contributed by atoms with Crippen LogP contribution in [0.5, 0.6) is 0 Å². The molecule has 0 radical (unpaired) electrons. The minimum absolute atomic E-state index is 0.151. The van der Waals surface area contributed by atoms with Crippen LogP contribution in [0.25, 0.3) is 0 Å².